The summed E-state index contributed by atoms with van der Waals surface area (Å²) in [4.78, 5) is 12.1. The second-order valence-corrected chi connectivity index (χ2v) is 5.54. The molecular formula is C16H23N5O. The molecule has 22 heavy (non-hydrogen) atoms. The summed E-state index contributed by atoms with van der Waals surface area (Å²) in [6, 6.07) is 9.91. The third-order valence-corrected chi connectivity index (χ3v) is 3.97. The van der Waals surface area contributed by atoms with Gasteiger partial charge in [0.15, 0.2) is 5.69 Å². The highest BCUT2D eigenvalue weighted by Crippen LogP contribution is 2.09. The molecule has 0 bridgehead atoms. The molecule has 0 saturated heterocycles. The lowest BCUT2D eigenvalue weighted by Gasteiger charge is -2.26. The van der Waals surface area contributed by atoms with E-state index in [9.17, 15) is 4.79 Å². The Bertz CT molecular complexity index is 604. The first-order valence-electron chi connectivity index (χ1n) is 7.57. The summed E-state index contributed by atoms with van der Waals surface area (Å²) >= 11 is 0. The first-order valence-corrected chi connectivity index (χ1v) is 7.57. The summed E-state index contributed by atoms with van der Waals surface area (Å²) in [7, 11) is 0. The molecule has 6 heteroatoms. The minimum absolute atomic E-state index is 0.240. The van der Waals surface area contributed by atoms with E-state index in [-0.39, 0.29) is 11.4 Å². The molecule has 2 aromatic rings. The van der Waals surface area contributed by atoms with E-state index in [0.717, 1.165) is 18.4 Å². The van der Waals surface area contributed by atoms with Crippen molar-refractivity contribution in [3.8, 4) is 0 Å². The van der Waals surface area contributed by atoms with Crippen molar-refractivity contribution < 1.29 is 4.79 Å². The van der Waals surface area contributed by atoms with E-state index in [1.54, 1.807) is 10.9 Å². The fraction of sp³-hybridized carbons (Fsp3) is 0.438. The third-order valence-electron chi connectivity index (χ3n) is 3.97. The predicted octanol–water partition coefficient (Wildman–Crippen LogP) is 1.57. The van der Waals surface area contributed by atoms with E-state index in [0.29, 0.717) is 18.8 Å². The molecule has 1 aromatic carbocycles. The first-order chi connectivity index (χ1) is 10.6. The van der Waals surface area contributed by atoms with Gasteiger partial charge >= 0.3 is 0 Å². The van der Waals surface area contributed by atoms with E-state index < -0.39 is 0 Å². The largest absolute Gasteiger partial charge is 0.349 e. The quantitative estimate of drug-likeness (QED) is 0.813. The maximum Gasteiger partial charge on any atom is 0.273 e. The van der Waals surface area contributed by atoms with Crippen LogP contribution in [0.2, 0.25) is 0 Å². The molecule has 1 aromatic heterocycles. The number of nitrogens with one attached hydrogen (secondary N) is 1. The molecular weight excluding hydrogens is 278 g/mol. The average Bonchev–Trinajstić information content (AvgIpc) is 3.02. The molecule has 118 valence electrons. The molecule has 1 heterocycles. The lowest BCUT2D eigenvalue weighted by molar-refractivity contribution is 0.0937. The monoisotopic (exact) mass is 301 g/mol. The molecule has 0 aliphatic heterocycles. The molecule has 0 atom stereocenters. The summed E-state index contributed by atoms with van der Waals surface area (Å²) in [6.07, 6.45) is 3.27. The maximum absolute atomic E-state index is 12.1. The van der Waals surface area contributed by atoms with Gasteiger partial charge in [-0.2, -0.15) is 0 Å². The third kappa shape index (κ3) is 4.14. The van der Waals surface area contributed by atoms with Crippen LogP contribution in [0.15, 0.2) is 36.5 Å². The van der Waals surface area contributed by atoms with Crippen LogP contribution in [0.25, 0.3) is 0 Å². The number of carbonyl (C=O) groups is 1. The van der Waals surface area contributed by atoms with Crippen molar-refractivity contribution in [2.45, 2.75) is 38.8 Å². The van der Waals surface area contributed by atoms with E-state index >= 15 is 0 Å². The van der Waals surface area contributed by atoms with Crippen LogP contribution in [-0.2, 0) is 6.54 Å². The Morgan fingerprint density at radius 2 is 1.95 bits per heavy atom. The molecule has 0 radical (unpaired) electrons. The summed E-state index contributed by atoms with van der Waals surface area (Å²) in [6.45, 7) is 5.06. The van der Waals surface area contributed by atoms with Crippen LogP contribution < -0.4 is 11.1 Å². The first kappa shape index (κ1) is 16.2. The number of nitrogens with two attached hydrogens (primary N) is 1. The van der Waals surface area contributed by atoms with Crippen LogP contribution in [0.5, 0.6) is 0 Å². The van der Waals surface area contributed by atoms with E-state index in [4.69, 9.17) is 5.73 Å². The zero-order valence-electron chi connectivity index (χ0n) is 13.1. The van der Waals surface area contributed by atoms with Gasteiger partial charge in [0, 0.05) is 12.1 Å². The van der Waals surface area contributed by atoms with Crippen LogP contribution >= 0.6 is 0 Å². The van der Waals surface area contributed by atoms with E-state index in [1.807, 2.05) is 44.2 Å². The molecule has 0 spiro atoms. The highest BCUT2D eigenvalue weighted by atomic mass is 16.2. The fourth-order valence-corrected chi connectivity index (χ4v) is 2.10. The predicted molar refractivity (Wildman–Crippen MR) is 85.4 cm³/mol. The topological polar surface area (TPSA) is 85.8 Å². The zero-order valence-corrected chi connectivity index (χ0v) is 13.1. The van der Waals surface area contributed by atoms with Crippen LogP contribution in [0.4, 0.5) is 0 Å². The van der Waals surface area contributed by atoms with Crippen LogP contribution in [0, 0.1) is 0 Å². The van der Waals surface area contributed by atoms with Crippen molar-refractivity contribution in [3.05, 3.63) is 47.8 Å². The van der Waals surface area contributed by atoms with E-state index in [1.165, 1.54) is 0 Å². The number of rotatable bonds is 7. The Labute approximate surface area is 130 Å². The highest BCUT2D eigenvalue weighted by Gasteiger charge is 2.22. The number of aromatic nitrogens is 3. The minimum atomic E-state index is -0.365. The molecule has 0 aliphatic rings. The standard InChI is InChI=1S/C16H23N5O/c1-3-16(17,4-2)12-18-15(22)14-11-21(20-19-14)10-13-8-6-5-7-9-13/h5-9,11H,3-4,10,12,17H2,1-2H3,(H,18,22). The molecule has 2 rings (SSSR count). The SMILES string of the molecule is CCC(N)(CC)CNC(=O)c1cn(Cc2ccccc2)nn1. The zero-order chi connectivity index (χ0) is 16.0. The normalized spacial score (nSPS) is 11.4. The smallest absolute Gasteiger partial charge is 0.273 e. The highest BCUT2D eigenvalue weighted by molar-refractivity contribution is 5.91. The van der Waals surface area contributed by atoms with Crippen LogP contribution in [0.1, 0.15) is 42.7 Å². The molecule has 0 aliphatic carbocycles. The minimum Gasteiger partial charge on any atom is -0.349 e. The molecule has 0 fully saturated rings. The summed E-state index contributed by atoms with van der Waals surface area (Å²) < 4.78 is 1.65. The van der Waals surface area contributed by atoms with Gasteiger partial charge in [-0.05, 0) is 18.4 Å². The molecule has 1 amide bonds. The Morgan fingerprint density at radius 3 is 2.59 bits per heavy atom. The fourth-order valence-electron chi connectivity index (χ4n) is 2.10. The van der Waals surface area contributed by atoms with Crippen LogP contribution in [-0.4, -0.2) is 33.0 Å². The lowest BCUT2D eigenvalue weighted by Crippen LogP contribution is -2.49. The van der Waals surface area contributed by atoms with Gasteiger partial charge < -0.3 is 11.1 Å². The summed E-state index contributed by atoms with van der Waals surface area (Å²) in [5.41, 5.74) is 7.23. The van der Waals surface area contributed by atoms with Gasteiger partial charge in [-0.25, -0.2) is 4.68 Å². The number of hydrogen-bond donors (Lipinski definition) is 2. The van der Waals surface area contributed by atoms with Crippen molar-refractivity contribution in [3.63, 3.8) is 0 Å². The number of benzene rings is 1. The Hall–Kier alpha value is -2.21. The van der Waals surface area contributed by atoms with Gasteiger partial charge in [-0.15, -0.1) is 5.10 Å². The van der Waals surface area contributed by atoms with Gasteiger partial charge in [0.1, 0.15) is 0 Å². The van der Waals surface area contributed by atoms with Gasteiger partial charge in [-0.1, -0.05) is 49.4 Å². The lowest BCUT2D eigenvalue weighted by atomic mass is 9.94. The van der Waals surface area contributed by atoms with E-state index in [2.05, 4.69) is 15.6 Å². The molecule has 0 saturated carbocycles. The van der Waals surface area contributed by atoms with Gasteiger partial charge in [0.05, 0.1) is 12.7 Å². The summed E-state index contributed by atoms with van der Waals surface area (Å²) in [5, 5.41) is 10.8. The number of hydrogen-bond acceptors (Lipinski definition) is 4. The molecule has 3 N–H and O–H groups in total. The second-order valence-electron chi connectivity index (χ2n) is 5.54. The van der Waals surface area contributed by atoms with Gasteiger partial charge in [0.2, 0.25) is 0 Å². The Balaban J connectivity index is 1.95. The van der Waals surface area contributed by atoms with Crippen molar-refractivity contribution in [2.75, 3.05) is 6.54 Å². The van der Waals surface area contributed by atoms with Crippen molar-refractivity contribution in [2.24, 2.45) is 5.73 Å². The Kier molecular flexibility index (Phi) is 5.27. The Morgan fingerprint density at radius 1 is 1.27 bits per heavy atom. The maximum atomic E-state index is 12.1. The van der Waals surface area contributed by atoms with Crippen LogP contribution in [0.3, 0.4) is 0 Å². The van der Waals surface area contributed by atoms with Gasteiger partial charge in [-0.3, -0.25) is 4.79 Å². The number of carbonyl (C=O) groups excluding carboxylic acids is 1. The second kappa shape index (κ2) is 7.17. The average molecular weight is 301 g/mol. The molecule has 0 unspecified atom stereocenters. The van der Waals surface area contributed by atoms with Crippen molar-refractivity contribution in [1.29, 1.82) is 0 Å². The number of amides is 1. The number of nitrogens with zero attached hydrogens (tertiary/aromatic N) is 3. The molecule has 6 nitrogen and oxygen atoms in total. The van der Waals surface area contributed by atoms with Crippen molar-refractivity contribution >= 4 is 5.91 Å². The van der Waals surface area contributed by atoms with Crippen molar-refractivity contribution in [1.82, 2.24) is 20.3 Å². The van der Waals surface area contributed by atoms with Gasteiger partial charge in [0.25, 0.3) is 5.91 Å². The summed E-state index contributed by atoms with van der Waals surface area (Å²) in [5.74, 6) is -0.240.